The summed E-state index contributed by atoms with van der Waals surface area (Å²) in [6, 6.07) is 0. The molecule has 2 N–H and O–H groups in total. The Morgan fingerprint density at radius 1 is 0.604 bits per heavy atom. The predicted octanol–water partition coefficient (Wildman–Crippen LogP) is 4.02. The van der Waals surface area contributed by atoms with E-state index in [2.05, 4.69) is 19.7 Å². The molecule has 0 saturated carbocycles. The van der Waals surface area contributed by atoms with E-state index in [1.165, 1.54) is 13.8 Å². The van der Waals surface area contributed by atoms with Crippen molar-refractivity contribution >= 4 is 35.6 Å². The second-order valence-electron chi connectivity index (χ2n) is 12.3. The van der Waals surface area contributed by atoms with Crippen LogP contribution in [0.25, 0.3) is 0 Å². The summed E-state index contributed by atoms with van der Waals surface area (Å²) in [5, 5.41) is 17.8. The van der Waals surface area contributed by atoms with Gasteiger partial charge in [0.05, 0.1) is 0 Å². The third-order valence-corrected chi connectivity index (χ3v) is 6.96. The fourth-order valence-electron chi connectivity index (χ4n) is 4.09. The Kier molecular flexibility index (Phi) is 22.4. The number of carbonyl (C=O) groups excluding carboxylic acids is 6. The van der Waals surface area contributed by atoms with E-state index in [0.717, 1.165) is 0 Å². The van der Waals surface area contributed by atoms with Gasteiger partial charge >= 0.3 is 29.8 Å². The van der Waals surface area contributed by atoms with Crippen LogP contribution >= 0.6 is 0 Å². The van der Waals surface area contributed by atoms with E-state index in [1.54, 1.807) is 13.8 Å². The minimum absolute atomic E-state index is 0.00691. The van der Waals surface area contributed by atoms with Gasteiger partial charge in [-0.3, -0.25) is 14.4 Å². The summed E-state index contributed by atoms with van der Waals surface area (Å²) in [5.74, 6) is -3.60. The van der Waals surface area contributed by atoms with Crippen molar-refractivity contribution in [2.45, 2.75) is 111 Å². The van der Waals surface area contributed by atoms with Gasteiger partial charge in [-0.15, -0.1) is 0 Å². The lowest BCUT2D eigenvalue weighted by atomic mass is 9.80. The predicted molar refractivity (Wildman–Crippen MR) is 175 cm³/mol. The van der Waals surface area contributed by atoms with Crippen LogP contribution in [0.5, 0.6) is 0 Å². The molecule has 0 rings (SSSR count). The maximum atomic E-state index is 13.2. The number of unbranched alkanes of at least 4 members (excludes halogenated alkanes) is 4. The molecule has 0 aliphatic carbocycles. The number of esters is 5. The summed E-state index contributed by atoms with van der Waals surface area (Å²) in [6.07, 6.45) is 1.43. The molecule has 0 aromatic heterocycles. The van der Waals surface area contributed by atoms with Gasteiger partial charge in [-0.05, 0) is 52.4 Å². The van der Waals surface area contributed by atoms with Crippen LogP contribution < -0.4 is 0 Å². The maximum Gasteiger partial charge on any atom is 0.333 e. The third kappa shape index (κ3) is 20.4. The van der Waals surface area contributed by atoms with Crippen molar-refractivity contribution in [3.63, 3.8) is 0 Å². The number of hydrogen-bond acceptors (Lipinski definition) is 13. The summed E-state index contributed by atoms with van der Waals surface area (Å²) < 4.78 is 26.3. The van der Waals surface area contributed by atoms with E-state index >= 15 is 0 Å². The van der Waals surface area contributed by atoms with E-state index in [0.29, 0.717) is 38.5 Å². The Bertz CT molecular complexity index is 1120. The molecule has 2 atom stereocenters. The van der Waals surface area contributed by atoms with E-state index in [4.69, 9.17) is 33.9 Å². The number of hydrogen-bond donors (Lipinski definition) is 2. The highest BCUT2D eigenvalue weighted by atomic mass is 16.6. The van der Waals surface area contributed by atoms with Gasteiger partial charge in [-0.2, -0.15) is 0 Å². The van der Waals surface area contributed by atoms with Crippen molar-refractivity contribution in [2.24, 2.45) is 5.41 Å². The molecule has 13 nitrogen and oxygen atoms in total. The van der Waals surface area contributed by atoms with E-state index in [1.807, 2.05) is 0 Å². The molecule has 272 valence electrons. The zero-order chi connectivity index (χ0) is 36.7. The fraction of sp³-hybridized carbons (Fsp3) is 0.657. The molecule has 0 amide bonds. The summed E-state index contributed by atoms with van der Waals surface area (Å²) in [5.41, 5.74) is -0.810. The standard InChI is InChI=1S/C35H54O13/c1-24(2)32(41)44-21-27(47-30(39)14-10-8-12-18-36)16-17-29(38)35(6,7)20-26(5)34(43)46-23-28(22-45-33(42)25(3)4)48-31(40)15-11-9-13-19-37/h27-28,36-37H,1,3,5,8-23H2,2,4,6-7H3. The molecule has 0 radical (unpaired) electrons. The van der Waals surface area contributed by atoms with Gasteiger partial charge in [0.1, 0.15) is 31.7 Å². The molecule has 0 aliphatic heterocycles. The number of rotatable bonds is 27. The van der Waals surface area contributed by atoms with Gasteiger partial charge in [0.2, 0.25) is 0 Å². The molecule has 0 spiro atoms. The monoisotopic (exact) mass is 682 g/mol. The van der Waals surface area contributed by atoms with Crippen LogP contribution in [-0.2, 0) is 52.5 Å². The first-order chi connectivity index (χ1) is 22.5. The first-order valence-electron chi connectivity index (χ1n) is 16.2. The van der Waals surface area contributed by atoms with Gasteiger partial charge < -0.3 is 33.9 Å². The lowest BCUT2D eigenvalue weighted by Crippen LogP contribution is -2.32. The van der Waals surface area contributed by atoms with Crippen molar-refractivity contribution < 1.29 is 62.7 Å². The molecule has 0 aromatic carbocycles. The van der Waals surface area contributed by atoms with E-state index in [-0.39, 0.29) is 81.0 Å². The number of carbonyl (C=O) groups is 6. The highest BCUT2D eigenvalue weighted by Gasteiger charge is 2.32. The highest BCUT2D eigenvalue weighted by Crippen LogP contribution is 2.29. The molecule has 48 heavy (non-hydrogen) atoms. The smallest absolute Gasteiger partial charge is 0.333 e. The molecular weight excluding hydrogens is 628 g/mol. The number of aliphatic hydroxyl groups excluding tert-OH is 2. The minimum atomic E-state index is -1.10. The van der Waals surface area contributed by atoms with Crippen LogP contribution in [-0.4, -0.2) is 91.1 Å². The van der Waals surface area contributed by atoms with Crippen molar-refractivity contribution in [3.05, 3.63) is 36.5 Å². The number of aliphatic hydroxyl groups is 2. The summed E-state index contributed by atoms with van der Waals surface area (Å²) >= 11 is 0. The van der Waals surface area contributed by atoms with Gasteiger partial charge in [-0.1, -0.05) is 46.4 Å². The normalized spacial score (nSPS) is 12.2. The van der Waals surface area contributed by atoms with Crippen LogP contribution in [0, 0.1) is 5.41 Å². The molecule has 0 bridgehead atoms. The van der Waals surface area contributed by atoms with Gasteiger partial charge in [-0.25, -0.2) is 14.4 Å². The maximum absolute atomic E-state index is 13.2. The molecule has 13 heteroatoms. The quantitative estimate of drug-likeness (QED) is 0.0548. The van der Waals surface area contributed by atoms with Crippen LogP contribution in [0.15, 0.2) is 36.5 Å². The van der Waals surface area contributed by atoms with Crippen LogP contribution in [0.2, 0.25) is 0 Å². The molecule has 0 heterocycles. The van der Waals surface area contributed by atoms with Gasteiger partial charge in [0.25, 0.3) is 0 Å². The summed E-state index contributed by atoms with van der Waals surface area (Å²) in [7, 11) is 0. The van der Waals surface area contributed by atoms with E-state index in [9.17, 15) is 28.8 Å². The lowest BCUT2D eigenvalue weighted by Gasteiger charge is -2.25. The first-order valence-corrected chi connectivity index (χ1v) is 16.2. The topological polar surface area (TPSA) is 189 Å². The first kappa shape index (κ1) is 44.2. The SMILES string of the molecule is C=C(C)C(=O)OCC(CCC(=O)C(C)(C)CC(=C)C(=O)OCC(COC(=O)C(=C)C)OC(=O)CCCCCO)OC(=O)CCCCCO. The average molecular weight is 683 g/mol. The number of ether oxygens (including phenoxy) is 5. The number of Topliss-reactive ketones (excluding diaryl/α,β-unsaturated/α-hetero) is 1. The Balaban J connectivity index is 5.23. The highest BCUT2D eigenvalue weighted by molar-refractivity contribution is 5.91. The molecule has 0 aromatic rings. The molecule has 2 unspecified atom stereocenters. The summed E-state index contributed by atoms with van der Waals surface area (Å²) in [4.78, 5) is 74.4. The number of ketones is 1. The molecule has 0 aliphatic rings. The van der Waals surface area contributed by atoms with Crippen molar-refractivity contribution in [1.29, 1.82) is 0 Å². The minimum Gasteiger partial charge on any atom is -0.459 e. The molecule has 0 fully saturated rings. The van der Waals surface area contributed by atoms with E-state index < -0.39 is 54.1 Å². The van der Waals surface area contributed by atoms with Crippen molar-refractivity contribution in [1.82, 2.24) is 0 Å². The molecular formula is C35H54O13. The summed E-state index contributed by atoms with van der Waals surface area (Å²) in [6.45, 7) is 15.9. The largest absolute Gasteiger partial charge is 0.459 e. The second-order valence-corrected chi connectivity index (χ2v) is 12.3. The second kappa shape index (κ2) is 24.3. The van der Waals surface area contributed by atoms with Crippen molar-refractivity contribution in [3.8, 4) is 0 Å². The zero-order valence-corrected chi connectivity index (χ0v) is 29.0. The van der Waals surface area contributed by atoms with Crippen LogP contribution in [0.3, 0.4) is 0 Å². The third-order valence-electron chi connectivity index (χ3n) is 6.96. The van der Waals surface area contributed by atoms with Crippen LogP contribution in [0.1, 0.15) is 98.3 Å². The Labute approximate surface area is 283 Å². The zero-order valence-electron chi connectivity index (χ0n) is 29.0. The van der Waals surface area contributed by atoms with Gasteiger partial charge in [0, 0.05) is 54.6 Å². The van der Waals surface area contributed by atoms with Gasteiger partial charge in [0.15, 0.2) is 6.10 Å². The van der Waals surface area contributed by atoms with Crippen LogP contribution in [0.4, 0.5) is 0 Å². The average Bonchev–Trinajstić information content (AvgIpc) is 3.02. The Morgan fingerprint density at radius 3 is 1.46 bits per heavy atom. The Hall–Kier alpha value is -3.84. The fourth-order valence-corrected chi connectivity index (χ4v) is 4.09. The molecule has 0 saturated heterocycles. The Morgan fingerprint density at radius 2 is 1.02 bits per heavy atom. The van der Waals surface area contributed by atoms with Crippen molar-refractivity contribution in [2.75, 3.05) is 33.0 Å². The lowest BCUT2D eigenvalue weighted by molar-refractivity contribution is -0.164.